The van der Waals surface area contributed by atoms with E-state index in [1.165, 1.54) is 4.90 Å². The molecule has 0 aliphatic carbocycles. The van der Waals surface area contributed by atoms with Crippen LogP contribution in [0.25, 0.3) is 0 Å². The van der Waals surface area contributed by atoms with Crippen molar-refractivity contribution in [2.45, 2.75) is 32.3 Å². The molecule has 0 saturated carbocycles. The Morgan fingerprint density at radius 3 is 2.30 bits per heavy atom. The van der Waals surface area contributed by atoms with Crippen LogP contribution in [0.5, 0.6) is 0 Å². The van der Waals surface area contributed by atoms with Gasteiger partial charge in [0.1, 0.15) is 12.5 Å². The summed E-state index contributed by atoms with van der Waals surface area (Å²) in [5, 5.41) is 31.1. The highest BCUT2D eigenvalue weighted by molar-refractivity contribution is 6.43. The average Bonchev–Trinajstić information content (AvgIpc) is 2.78. The predicted molar refractivity (Wildman–Crippen MR) is 125 cm³/mol. The molecule has 2 amide bonds. The molecule has 2 aromatic carbocycles. The Morgan fingerprint density at radius 2 is 1.70 bits per heavy atom. The molecule has 0 heterocycles. The molecule has 0 aliphatic heterocycles. The molecule has 0 aromatic heterocycles. The van der Waals surface area contributed by atoms with E-state index in [0.717, 1.165) is 16.7 Å². The number of amides is 2. The number of alkyl carbamates (subject to hydrolysis) is 1. The van der Waals surface area contributed by atoms with Crippen molar-refractivity contribution >= 4 is 19.1 Å². The largest absolute Gasteiger partial charge is 0.475 e. The number of carbonyl (C=O) groups excluding carboxylic acids is 2. The molecule has 0 fully saturated rings. The van der Waals surface area contributed by atoms with Crippen LogP contribution in [0.2, 0.25) is 0 Å². The van der Waals surface area contributed by atoms with Gasteiger partial charge < -0.3 is 25.0 Å². The highest BCUT2D eigenvalue weighted by atomic mass is 16.5. The lowest BCUT2D eigenvalue weighted by molar-refractivity contribution is -0.132. The maximum absolute atomic E-state index is 12.2. The summed E-state index contributed by atoms with van der Waals surface area (Å²) in [6.45, 7) is 1.85. The number of carbonyl (C=O) groups is 2. The van der Waals surface area contributed by atoms with Gasteiger partial charge in [0.2, 0.25) is 5.91 Å². The maximum atomic E-state index is 12.2. The number of ether oxygens (including phenoxy) is 1. The number of nitriles is 1. The van der Waals surface area contributed by atoms with Crippen molar-refractivity contribution in [3.05, 3.63) is 71.3 Å². The topological polar surface area (TPSA) is 123 Å². The van der Waals surface area contributed by atoms with Gasteiger partial charge in [0, 0.05) is 14.1 Å². The fourth-order valence-electron chi connectivity index (χ4n) is 3.48. The third-order valence-electron chi connectivity index (χ3n) is 5.30. The summed E-state index contributed by atoms with van der Waals surface area (Å²) >= 11 is 0. The van der Waals surface area contributed by atoms with E-state index in [-0.39, 0.29) is 24.9 Å². The zero-order chi connectivity index (χ0) is 24.4. The van der Waals surface area contributed by atoms with E-state index in [0.29, 0.717) is 6.42 Å². The highest BCUT2D eigenvalue weighted by Crippen LogP contribution is 2.20. The first kappa shape index (κ1) is 25.9. The first-order valence-electron chi connectivity index (χ1n) is 10.7. The van der Waals surface area contributed by atoms with E-state index in [1.54, 1.807) is 20.2 Å². The van der Waals surface area contributed by atoms with Gasteiger partial charge in [-0.1, -0.05) is 61.5 Å². The van der Waals surface area contributed by atoms with E-state index in [4.69, 9.17) is 4.74 Å². The lowest BCUT2D eigenvalue weighted by Crippen LogP contribution is -2.48. The average molecular weight is 451 g/mol. The number of nitrogens with one attached hydrogen (secondary N) is 1. The fourth-order valence-corrected chi connectivity index (χ4v) is 3.48. The first-order valence-corrected chi connectivity index (χ1v) is 10.7. The van der Waals surface area contributed by atoms with E-state index >= 15 is 0 Å². The molecule has 3 N–H and O–H groups in total. The van der Waals surface area contributed by atoms with Gasteiger partial charge in [-0.3, -0.25) is 4.79 Å². The molecule has 2 rings (SSSR count). The molecular formula is C24H30BN3O5. The normalized spacial score (nSPS) is 13.2. The van der Waals surface area contributed by atoms with Crippen molar-refractivity contribution in [2.24, 2.45) is 11.8 Å². The number of hydrogen-bond acceptors (Lipinski definition) is 6. The van der Waals surface area contributed by atoms with Crippen LogP contribution in [0.15, 0.2) is 54.6 Å². The second-order valence-corrected chi connectivity index (χ2v) is 8.27. The van der Waals surface area contributed by atoms with Gasteiger partial charge >= 0.3 is 13.2 Å². The van der Waals surface area contributed by atoms with Gasteiger partial charge in [-0.15, -0.1) is 0 Å². The van der Waals surface area contributed by atoms with Crippen LogP contribution in [0.3, 0.4) is 0 Å². The summed E-state index contributed by atoms with van der Waals surface area (Å²) in [6.07, 6.45) is 0.00404. The molecule has 9 heteroatoms. The molecule has 2 unspecified atom stereocenters. The summed E-state index contributed by atoms with van der Waals surface area (Å²) in [7, 11) is 1.52. The zero-order valence-electron chi connectivity index (χ0n) is 19.1. The van der Waals surface area contributed by atoms with Crippen LogP contribution >= 0.6 is 0 Å². The number of nitrogens with zero attached hydrogens (tertiary/aromatic N) is 2. The summed E-state index contributed by atoms with van der Waals surface area (Å²) in [6, 6.07) is 18.7. The van der Waals surface area contributed by atoms with E-state index in [1.807, 2.05) is 55.5 Å². The quantitative estimate of drug-likeness (QED) is 0.475. The first-order chi connectivity index (χ1) is 15.7. The molecule has 0 spiro atoms. The molecule has 3 atom stereocenters. The third-order valence-corrected chi connectivity index (χ3v) is 5.30. The summed E-state index contributed by atoms with van der Waals surface area (Å²) in [5.41, 5.74) is 2.51. The van der Waals surface area contributed by atoms with Crippen molar-refractivity contribution in [1.29, 1.82) is 5.26 Å². The Balaban J connectivity index is 1.93. The maximum Gasteiger partial charge on any atom is 0.475 e. The molecule has 0 aliphatic rings. The van der Waals surface area contributed by atoms with Gasteiger partial charge in [-0.2, -0.15) is 5.26 Å². The van der Waals surface area contributed by atoms with E-state index in [2.05, 4.69) is 11.4 Å². The molecule has 0 bridgehead atoms. The molecule has 8 nitrogen and oxygen atoms in total. The number of rotatable bonds is 10. The Kier molecular flexibility index (Phi) is 9.92. The van der Waals surface area contributed by atoms with Crippen LogP contribution in [0.4, 0.5) is 4.79 Å². The molecule has 33 heavy (non-hydrogen) atoms. The van der Waals surface area contributed by atoms with Crippen molar-refractivity contribution in [1.82, 2.24) is 10.2 Å². The lowest BCUT2D eigenvalue weighted by Gasteiger charge is -2.21. The minimum Gasteiger partial charge on any atom is -0.445 e. The fraction of sp³-hybridized carbons (Fsp3) is 0.375. The SMILES string of the molecule is CC(Cc1cccc(COC(=O)N[C@@H](Cc2ccccc2)B(O)O)c1)C(C#N)C(=O)N(C)C. The lowest BCUT2D eigenvalue weighted by atomic mass is 9.76. The van der Waals surface area contributed by atoms with Crippen molar-refractivity contribution in [2.75, 3.05) is 14.1 Å². The van der Waals surface area contributed by atoms with E-state index < -0.39 is 25.1 Å². The van der Waals surface area contributed by atoms with Gasteiger partial charge in [0.15, 0.2) is 0 Å². The van der Waals surface area contributed by atoms with Crippen LogP contribution in [0.1, 0.15) is 23.6 Å². The van der Waals surface area contributed by atoms with E-state index in [9.17, 15) is 24.9 Å². The van der Waals surface area contributed by atoms with Crippen LogP contribution < -0.4 is 5.32 Å². The van der Waals surface area contributed by atoms with Gasteiger partial charge in [-0.25, -0.2) is 4.79 Å². The number of hydrogen-bond donors (Lipinski definition) is 3. The van der Waals surface area contributed by atoms with Crippen molar-refractivity contribution < 1.29 is 24.4 Å². The van der Waals surface area contributed by atoms with Crippen LogP contribution in [-0.4, -0.2) is 54.1 Å². The summed E-state index contributed by atoms with van der Waals surface area (Å²) in [5.74, 6) is -2.06. The predicted octanol–water partition coefficient (Wildman–Crippen LogP) is 1.94. The van der Waals surface area contributed by atoms with Crippen LogP contribution in [0, 0.1) is 23.2 Å². The molecule has 174 valence electrons. The molecule has 0 saturated heterocycles. The minimum atomic E-state index is -1.74. The van der Waals surface area contributed by atoms with Gasteiger partial charge in [0.25, 0.3) is 0 Å². The minimum absolute atomic E-state index is 0.00799. The zero-order valence-corrected chi connectivity index (χ0v) is 19.1. The Labute approximate surface area is 194 Å². The third kappa shape index (κ3) is 8.26. The van der Waals surface area contributed by atoms with Gasteiger partial charge in [0.05, 0.1) is 12.0 Å². The summed E-state index contributed by atoms with van der Waals surface area (Å²) < 4.78 is 5.26. The number of benzene rings is 2. The summed E-state index contributed by atoms with van der Waals surface area (Å²) in [4.78, 5) is 25.8. The highest BCUT2D eigenvalue weighted by Gasteiger charge is 2.27. The molecule has 0 radical (unpaired) electrons. The Morgan fingerprint density at radius 1 is 1.06 bits per heavy atom. The Bertz CT molecular complexity index is 962. The smallest absolute Gasteiger partial charge is 0.445 e. The second kappa shape index (κ2) is 12.6. The van der Waals surface area contributed by atoms with Crippen molar-refractivity contribution in [3.8, 4) is 6.07 Å². The second-order valence-electron chi connectivity index (χ2n) is 8.27. The van der Waals surface area contributed by atoms with Crippen molar-refractivity contribution in [3.63, 3.8) is 0 Å². The van der Waals surface area contributed by atoms with Crippen LogP contribution in [-0.2, 0) is 29.0 Å². The Hall–Kier alpha value is -3.35. The standard InChI is InChI=1S/C24H30BN3O5/c1-17(21(15-26)23(29)28(2)3)12-19-10-7-11-20(13-19)16-33-24(30)27-22(25(31)32)14-18-8-5-4-6-9-18/h4-11,13,17,21-22,31-32H,12,14,16H2,1-3H3,(H,27,30)/t17?,21?,22-/m0/s1. The van der Waals surface area contributed by atoms with Gasteiger partial charge in [-0.05, 0) is 35.4 Å². The monoisotopic (exact) mass is 451 g/mol. The molecule has 2 aromatic rings. The molecular weight excluding hydrogens is 421 g/mol.